The van der Waals surface area contributed by atoms with Crippen LogP contribution in [0.5, 0.6) is 0 Å². The maximum Gasteiger partial charge on any atom is 0.275 e. The number of benzene rings is 1. The van der Waals surface area contributed by atoms with Gasteiger partial charge in [0.15, 0.2) is 5.69 Å². The Hall–Kier alpha value is -2.21. The fraction of sp³-hybridized carbons (Fsp3) is 0.500. The van der Waals surface area contributed by atoms with Gasteiger partial charge in [-0.15, -0.1) is 0 Å². The molecule has 6 nitrogen and oxygen atoms in total. The first-order valence-corrected chi connectivity index (χ1v) is 8.75. The number of aromatic nitrogens is 2. The van der Waals surface area contributed by atoms with E-state index in [4.69, 9.17) is 0 Å². The second-order valence-corrected chi connectivity index (χ2v) is 6.71. The van der Waals surface area contributed by atoms with Gasteiger partial charge in [0.2, 0.25) is 0 Å². The Kier molecular flexibility index (Phi) is 4.06. The third-order valence-electron chi connectivity index (χ3n) is 5.34. The molecule has 1 aromatic heterocycles. The molecule has 2 aliphatic rings. The van der Waals surface area contributed by atoms with Crippen LogP contribution in [0.15, 0.2) is 29.1 Å². The van der Waals surface area contributed by atoms with Crippen LogP contribution in [0.4, 0.5) is 0 Å². The van der Waals surface area contributed by atoms with Crippen LogP contribution < -0.4 is 5.56 Å². The van der Waals surface area contributed by atoms with Crippen LogP contribution in [0.2, 0.25) is 0 Å². The van der Waals surface area contributed by atoms with E-state index in [9.17, 15) is 9.59 Å². The van der Waals surface area contributed by atoms with Gasteiger partial charge in [0.05, 0.1) is 5.39 Å². The number of aromatic amines is 1. The molecule has 1 amide bonds. The van der Waals surface area contributed by atoms with Crippen molar-refractivity contribution in [2.75, 3.05) is 26.2 Å². The molecule has 0 radical (unpaired) electrons. The van der Waals surface area contributed by atoms with E-state index in [1.807, 2.05) is 11.0 Å². The fourth-order valence-corrected chi connectivity index (χ4v) is 3.99. The molecule has 0 spiro atoms. The maximum absolute atomic E-state index is 12.9. The lowest BCUT2D eigenvalue weighted by Crippen LogP contribution is -2.51. The number of nitrogens with zero attached hydrogens (tertiary/aromatic N) is 3. The highest BCUT2D eigenvalue weighted by Crippen LogP contribution is 2.24. The first-order valence-electron chi connectivity index (χ1n) is 8.75. The standard InChI is InChI=1S/C18H22N4O2/c23-17-15-8-4-3-7-14(15)16(19-20-17)18(24)22-11-9-21(10-12-22)13-5-1-2-6-13/h3-4,7-8,13H,1-2,5-6,9-12H2,(H,20,23). The minimum atomic E-state index is -0.256. The predicted molar refractivity (Wildman–Crippen MR) is 92.1 cm³/mol. The van der Waals surface area contributed by atoms with Crippen LogP contribution in [0.3, 0.4) is 0 Å². The average Bonchev–Trinajstić information content (AvgIpc) is 3.17. The summed E-state index contributed by atoms with van der Waals surface area (Å²) in [6.45, 7) is 3.31. The van der Waals surface area contributed by atoms with Crippen molar-refractivity contribution in [3.63, 3.8) is 0 Å². The quantitative estimate of drug-likeness (QED) is 0.910. The Morgan fingerprint density at radius 3 is 2.42 bits per heavy atom. The normalized spacial score (nSPS) is 19.9. The molecule has 1 aliphatic carbocycles. The zero-order valence-corrected chi connectivity index (χ0v) is 13.7. The van der Waals surface area contributed by atoms with Crippen LogP contribution in [0.1, 0.15) is 36.2 Å². The summed E-state index contributed by atoms with van der Waals surface area (Å²) in [6.07, 6.45) is 5.24. The van der Waals surface area contributed by atoms with E-state index in [1.165, 1.54) is 25.7 Å². The molecule has 2 fully saturated rings. The summed E-state index contributed by atoms with van der Waals surface area (Å²) >= 11 is 0. The zero-order chi connectivity index (χ0) is 16.5. The molecule has 1 saturated heterocycles. The van der Waals surface area contributed by atoms with E-state index in [0.717, 1.165) is 26.2 Å². The van der Waals surface area contributed by atoms with Gasteiger partial charge in [-0.25, -0.2) is 5.10 Å². The summed E-state index contributed by atoms with van der Waals surface area (Å²) in [6, 6.07) is 7.85. The van der Waals surface area contributed by atoms with Gasteiger partial charge in [-0.2, -0.15) is 5.10 Å². The van der Waals surface area contributed by atoms with Crippen molar-refractivity contribution < 1.29 is 4.79 Å². The van der Waals surface area contributed by atoms with Crippen molar-refractivity contribution in [1.29, 1.82) is 0 Å². The van der Waals surface area contributed by atoms with Crippen LogP contribution in [-0.2, 0) is 0 Å². The van der Waals surface area contributed by atoms with Crippen molar-refractivity contribution in [2.24, 2.45) is 0 Å². The fourth-order valence-electron chi connectivity index (χ4n) is 3.99. The number of fused-ring (bicyclic) bond motifs is 1. The number of hydrogen-bond donors (Lipinski definition) is 1. The average molecular weight is 326 g/mol. The van der Waals surface area contributed by atoms with Crippen LogP contribution in [0, 0.1) is 0 Å². The molecule has 6 heteroatoms. The van der Waals surface area contributed by atoms with Gasteiger partial charge in [-0.1, -0.05) is 31.0 Å². The van der Waals surface area contributed by atoms with Gasteiger partial charge in [0.25, 0.3) is 11.5 Å². The smallest absolute Gasteiger partial charge is 0.275 e. The van der Waals surface area contributed by atoms with Gasteiger partial charge in [0, 0.05) is 37.6 Å². The first kappa shape index (κ1) is 15.3. The third kappa shape index (κ3) is 2.71. The lowest BCUT2D eigenvalue weighted by atomic mass is 10.1. The predicted octanol–water partition coefficient (Wildman–Crippen LogP) is 1.62. The zero-order valence-electron chi connectivity index (χ0n) is 13.7. The van der Waals surface area contributed by atoms with Crippen LogP contribution in [-0.4, -0.2) is 58.1 Å². The van der Waals surface area contributed by atoms with Crippen molar-refractivity contribution in [3.8, 4) is 0 Å². The van der Waals surface area contributed by atoms with E-state index in [-0.39, 0.29) is 11.5 Å². The van der Waals surface area contributed by atoms with E-state index in [0.29, 0.717) is 22.5 Å². The van der Waals surface area contributed by atoms with Crippen molar-refractivity contribution in [2.45, 2.75) is 31.7 Å². The molecule has 1 aromatic carbocycles. The Bertz CT molecular complexity index is 802. The van der Waals surface area contributed by atoms with Crippen molar-refractivity contribution >= 4 is 16.7 Å². The molecule has 0 atom stereocenters. The Morgan fingerprint density at radius 1 is 1.04 bits per heavy atom. The lowest BCUT2D eigenvalue weighted by molar-refractivity contribution is 0.0569. The molecule has 24 heavy (non-hydrogen) atoms. The molecule has 126 valence electrons. The highest BCUT2D eigenvalue weighted by atomic mass is 16.2. The largest absolute Gasteiger partial charge is 0.335 e. The summed E-state index contributed by atoms with van der Waals surface area (Å²) < 4.78 is 0. The first-order chi connectivity index (χ1) is 11.7. The van der Waals surface area contributed by atoms with Crippen LogP contribution in [0.25, 0.3) is 10.8 Å². The molecule has 4 rings (SSSR count). The number of piperazine rings is 1. The van der Waals surface area contributed by atoms with E-state index >= 15 is 0 Å². The molecule has 2 aromatic rings. The molecule has 1 N–H and O–H groups in total. The monoisotopic (exact) mass is 326 g/mol. The van der Waals surface area contributed by atoms with Gasteiger partial charge < -0.3 is 4.90 Å². The number of nitrogens with one attached hydrogen (secondary N) is 1. The van der Waals surface area contributed by atoms with Crippen molar-refractivity contribution in [3.05, 3.63) is 40.3 Å². The molecular formula is C18H22N4O2. The number of hydrogen-bond acceptors (Lipinski definition) is 4. The highest BCUT2D eigenvalue weighted by Gasteiger charge is 2.29. The van der Waals surface area contributed by atoms with Crippen LogP contribution >= 0.6 is 0 Å². The Labute approximate surface area is 140 Å². The van der Waals surface area contributed by atoms with E-state index < -0.39 is 0 Å². The molecule has 2 heterocycles. The highest BCUT2D eigenvalue weighted by molar-refractivity contribution is 6.04. The summed E-state index contributed by atoms with van der Waals surface area (Å²) in [5.41, 5.74) is 0.0905. The number of amides is 1. The maximum atomic E-state index is 12.9. The van der Waals surface area contributed by atoms with Gasteiger partial charge in [-0.05, 0) is 18.9 Å². The molecule has 0 bridgehead atoms. The van der Waals surface area contributed by atoms with Crippen molar-refractivity contribution in [1.82, 2.24) is 20.0 Å². The second kappa shape index (κ2) is 6.36. The molecule has 1 aliphatic heterocycles. The SMILES string of the molecule is O=C(c1n[nH]c(=O)c2ccccc12)N1CCN(C2CCCC2)CC1. The summed E-state index contributed by atoms with van der Waals surface area (Å²) in [4.78, 5) is 29.1. The minimum Gasteiger partial charge on any atom is -0.335 e. The van der Waals surface area contributed by atoms with E-state index in [1.54, 1.807) is 18.2 Å². The number of H-pyrrole nitrogens is 1. The molecule has 0 unspecified atom stereocenters. The number of carbonyl (C=O) groups is 1. The lowest BCUT2D eigenvalue weighted by Gasteiger charge is -2.38. The van der Waals surface area contributed by atoms with Gasteiger partial charge in [-0.3, -0.25) is 14.5 Å². The topological polar surface area (TPSA) is 69.3 Å². The van der Waals surface area contributed by atoms with E-state index in [2.05, 4.69) is 15.1 Å². The Balaban J connectivity index is 1.53. The van der Waals surface area contributed by atoms with Gasteiger partial charge in [0.1, 0.15) is 0 Å². The Morgan fingerprint density at radius 2 is 1.71 bits per heavy atom. The minimum absolute atomic E-state index is 0.0893. The second-order valence-electron chi connectivity index (χ2n) is 6.71. The summed E-state index contributed by atoms with van der Waals surface area (Å²) in [5, 5.41) is 7.63. The molecular weight excluding hydrogens is 304 g/mol. The summed E-state index contributed by atoms with van der Waals surface area (Å²) in [5.74, 6) is -0.0893. The third-order valence-corrected chi connectivity index (χ3v) is 5.34. The number of rotatable bonds is 2. The summed E-state index contributed by atoms with van der Waals surface area (Å²) in [7, 11) is 0. The number of carbonyl (C=O) groups excluding carboxylic acids is 1. The molecule has 1 saturated carbocycles. The van der Waals surface area contributed by atoms with Gasteiger partial charge >= 0.3 is 0 Å².